The first kappa shape index (κ1) is 14.9. The van der Waals surface area contributed by atoms with Gasteiger partial charge >= 0.3 is 11.8 Å². The summed E-state index contributed by atoms with van der Waals surface area (Å²) >= 11 is 0. The van der Waals surface area contributed by atoms with Crippen molar-refractivity contribution in [3.8, 4) is 0 Å². The summed E-state index contributed by atoms with van der Waals surface area (Å²) in [5.41, 5.74) is -0.806. The molecular formula is C11H12F2N2O4. The summed E-state index contributed by atoms with van der Waals surface area (Å²) in [6.07, 6.45) is -3.25. The van der Waals surface area contributed by atoms with E-state index in [1.807, 2.05) is 0 Å². The molecule has 0 atom stereocenters. The van der Waals surface area contributed by atoms with Crippen LogP contribution in [-0.4, -0.2) is 22.5 Å². The average molecular weight is 274 g/mol. The number of alkyl halides is 2. The van der Waals surface area contributed by atoms with Crippen molar-refractivity contribution < 1.29 is 23.2 Å². The Balaban J connectivity index is 3.19. The predicted octanol–water partition coefficient (Wildman–Crippen LogP) is 2.34. The number of carbonyl (C=O) groups is 1. The summed E-state index contributed by atoms with van der Waals surface area (Å²) in [6, 6.07) is 0.990. The van der Waals surface area contributed by atoms with Gasteiger partial charge in [-0.2, -0.15) is 0 Å². The van der Waals surface area contributed by atoms with Gasteiger partial charge in [0.2, 0.25) is 0 Å². The molecule has 0 saturated carbocycles. The molecule has 0 aliphatic heterocycles. The molecule has 1 aromatic heterocycles. The van der Waals surface area contributed by atoms with Crippen LogP contribution < -0.4 is 0 Å². The Labute approximate surface area is 107 Å². The van der Waals surface area contributed by atoms with Crippen LogP contribution in [0.15, 0.2) is 6.07 Å². The van der Waals surface area contributed by atoms with Crippen LogP contribution in [0.5, 0.6) is 0 Å². The van der Waals surface area contributed by atoms with Crippen molar-refractivity contribution in [2.24, 2.45) is 0 Å². The van der Waals surface area contributed by atoms with Crippen LogP contribution in [0.2, 0.25) is 0 Å². The van der Waals surface area contributed by atoms with Gasteiger partial charge in [0.1, 0.15) is 6.42 Å². The number of nitrogens with zero attached hydrogens (tertiary/aromatic N) is 2. The molecule has 0 spiro atoms. The minimum atomic E-state index is -2.87. The summed E-state index contributed by atoms with van der Waals surface area (Å²) in [7, 11) is 0. The molecule has 0 unspecified atom stereocenters. The number of pyridine rings is 1. The lowest BCUT2D eigenvalue weighted by Crippen LogP contribution is -2.11. The molecule has 0 bridgehead atoms. The summed E-state index contributed by atoms with van der Waals surface area (Å²) in [5.74, 6) is -1.34. The predicted molar refractivity (Wildman–Crippen MR) is 60.9 cm³/mol. The first-order chi connectivity index (χ1) is 8.86. The van der Waals surface area contributed by atoms with Crippen LogP contribution in [0.1, 0.15) is 30.2 Å². The van der Waals surface area contributed by atoms with Gasteiger partial charge in [-0.05, 0) is 29.8 Å². The highest BCUT2D eigenvalue weighted by Crippen LogP contribution is 2.28. The van der Waals surface area contributed by atoms with E-state index in [0.29, 0.717) is 0 Å². The molecule has 19 heavy (non-hydrogen) atoms. The first-order valence-electron chi connectivity index (χ1n) is 5.45. The second-order valence-corrected chi connectivity index (χ2v) is 3.69. The Morgan fingerprint density at radius 2 is 2.21 bits per heavy atom. The van der Waals surface area contributed by atoms with Crippen LogP contribution in [0, 0.1) is 17.0 Å². The maximum absolute atomic E-state index is 12.8. The molecule has 0 aromatic carbocycles. The van der Waals surface area contributed by atoms with Crippen molar-refractivity contribution >= 4 is 11.8 Å². The Morgan fingerprint density at radius 3 is 2.68 bits per heavy atom. The number of carbonyl (C=O) groups excluding carboxylic acids is 1. The molecule has 0 fully saturated rings. The summed E-state index contributed by atoms with van der Waals surface area (Å²) in [5, 5.41) is 10.7. The number of rotatable bonds is 5. The second kappa shape index (κ2) is 6.17. The number of ether oxygens (including phenoxy) is 1. The maximum Gasteiger partial charge on any atom is 0.367 e. The molecule has 0 N–H and O–H groups in total. The second-order valence-electron chi connectivity index (χ2n) is 3.69. The van der Waals surface area contributed by atoms with Crippen molar-refractivity contribution in [3.05, 3.63) is 33.0 Å². The van der Waals surface area contributed by atoms with E-state index < -0.39 is 28.7 Å². The van der Waals surface area contributed by atoms with E-state index in [-0.39, 0.29) is 24.3 Å². The zero-order valence-electron chi connectivity index (χ0n) is 10.4. The van der Waals surface area contributed by atoms with E-state index in [9.17, 15) is 23.7 Å². The molecule has 0 amide bonds. The molecule has 1 rings (SSSR count). The third-order valence-corrected chi connectivity index (χ3v) is 2.38. The fraction of sp³-hybridized carbons (Fsp3) is 0.455. The fourth-order valence-corrected chi connectivity index (χ4v) is 1.52. The molecule has 104 valence electrons. The zero-order chi connectivity index (χ0) is 14.6. The van der Waals surface area contributed by atoms with Crippen LogP contribution >= 0.6 is 0 Å². The number of halogens is 2. The van der Waals surface area contributed by atoms with E-state index in [1.165, 1.54) is 6.92 Å². The van der Waals surface area contributed by atoms with Gasteiger partial charge in [-0.3, -0.25) is 4.79 Å². The minimum absolute atomic E-state index is 0.106. The Hall–Kier alpha value is -2.12. The van der Waals surface area contributed by atoms with E-state index >= 15 is 0 Å². The van der Waals surface area contributed by atoms with Crippen LogP contribution in [-0.2, 0) is 16.0 Å². The van der Waals surface area contributed by atoms with Gasteiger partial charge in [0.05, 0.1) is 12.2 Å². The molecular weight excluding hydrogens is 262 g/mol. The summed E-state index contributed by atoms with van der Waals surface area (Å²) in [4.78, 5) is 24.7. The molecule has 0 aliphatic carbocycles. The lowest BCUT2D eigenvalue weighted by molar-refractivity contribution is -0.390. The minimum Gasteiger partial charge on any atom is -0.466 e. The van der Waals surface area contributed by atoms with Gasteiger partial charge in [-0.1, -0.05) is 0 Å². The SMILES string of the molecule is CCOC(=O)Cc1cc(C(F)F)c(C)c([N+](=O)[O-])n1. The van der Waals surface area contributed by atoms with E-state index in [0.717, 1.165) is 6.07 Å². The van der Waals surface area contributed by atoms with Gasteiger partial charge in [0, 0.05) is 5.56 Å². The van der Waals surface area contributed by atoms with Gasteiger partial charge in [-0.15, -0.1) is 0 Å². The number of esters is 1. The summed E-state index contributed by atoms with van der Waals surface area (Å²) < 4.78 is 30.2. The first-order valence-corrected chi connectivity index (χ1v) is 5.45. The average Bonchev–Trinajstić information content (AvgIpc) is 2.30. The Kier molecular flexibility index (Phi) is 4.85. The van der Waals surface area contributed by atoms with Crippen molar-refractivity contribution in [2.75, 3.05) is 6.61 Å². The zero-order valence-corrected chi connectivity index (χ0v) is 10.4. The Morgan fingerprint density at radius 1 is 1.58 bits per heavy atom. The van der Waals surface area contributed by atoms with Gasteiger partial charge in [0.15, 0.2) is 5.69 Å². The highest BCUT2D eigenvalue weighted by Gasteiger charge is 2.25. The normalized spacial score (nSPS) is 10.6. The summed E-state index contributed by atoms with van der Waals surface area (Å²) in [6.45, 7) is 2.92. The quantitative estimate of drug-likeness (QED) is 0.467. The molecule has 0 aliphatic rings. The lowest BCUT2D eigenvalue weighted by Gasteiger charge is -2.06. The third-order valence-electron chi connectivity index (χ3n) is 2.38. The molecule has 1 heterocycles. The van der Waals surface area contributed by atoms with Gasteiger partial charge < -0.3 is 14.9 Å². The molecule has 1 aromatic rings. The van der Waals surface area contributed by atoms with Crippen molar-refractivity contribution in [2.45, 2.75) is 26.7 Å². The maximum atomic E-state index is 12.8. The topological polar surface area (TPSA) is 82.3 Å². The number of hydrogen-bond acceptors (Lipinski definition) is 5. The van der Waals surface area contributed by atoms with Crippen LogP contribution in [0.4, 0.5) is 14.6 Å². The monoisotopic (exact) mass is 274 g/mol. The Bertz CT molecular complexity index is 506. The van der Waals surface area contributed by atoms with Crippen LogP contribution in [0.25, 0.3) is 0 Å². The van der Waals surface area contributed by atoms with E-state index in [2.05, 4.69) is 9.72 Å². The largest absolute Gasteiger partial charge is 0.466 e. The lowest BCUT2D eigenvalue weighted by atomic mass is 10.1. The van der Waals surface area contributed by atoms with Crippen molar-refractivity contribution in [1.29, 1.82) is 0 Å². The molecule has 8 heteroatoms. The van der Waals surface area contributed by atoms with Crippen molar-refractivity contribution in [3.63, 3.8) is 0 Å². The molecule has 0 saturated heterocycles. The number of nitro groups is 1. The highest BCUT2D eigenvalue weighted by atomic mass is 19.3. The van der Waals surface area contributed by atoms with Crippen molar-refractivity contribution in [1.82, 2.24) is 4.98 Å². The van der Waals surface area contributed by atoms with E-state index in [1.54, 1.807) is 6.92 Å². The van der Waals surface area contributed by atoms with Gasteiger partial charge in [0.25, 0.3) is 6.43 Å². The highest BCUT2D eigenvalue weighted by molar-refractivity contribution is 5.72. The third kappa shape index (κ3) is 3.67. The fourth-order valence-electron chi connectivity index (χ4n) is 1.52. The smallest absolute Gasteiger partial charge is 0.367 e. The standard InChI is InChI=1S/C11H12F2N2O4/c1-3-19-9(16)5-7-4-8(10(12)13)6(2)11(14-7)15(17)18/h4,10H,3,5H2,1-2H3. The van der Waals surface area contributed by atoms with Crippen LogP contribution in [0.3, 0.4) is 0 Å². The number of aromatic nitrogens is 1. The number of hydrogen-bond donors (Lipinski definition) is 0. The molecule has 6 nitrogen and oxygen atoms in total. The molecule has 0 radical (unpaired) electrons. The van der Waals surface area contributed by atoms with E-state index in [4.69, 9.17) is 0 Å². The van der Waals surface area contributed by atoms with Gasteiger partial charge in [-0.25, -0.2) is 8.78 Å².